The monoisotopic (exact) mass is 363 g/mol. The molecule has 4 rings (SSSR count). The summed E-state index contributed by atoms with van der Waals surface area (Å²) in [5, 5.41) is 6.12. The van der Waals surface area contributed by atoms with Crippen LogP contribution >= 0.6 is 0 Å². The molecule has 2 N–H and O–H groups in total. The van der Waals surface area contributed by atoms with Crippen LogP contribution in [0.5, 0.6) is 5.75 Å². The molecule has 0 saturated carbocycles. The molecule has 0 spiro atoms. The molecule has 138 valence electrons. The lowest BCUT2D eigenvalue weighted by molar-refractivity contribution is 0.0926. The average Bonchev–Trinajstić information content (AvgIpc) is 2.94. The third-order valence-electron chi connectivity index (χ3n) is 4.86. The van der Waals surface area contributed by atoms with Gasteiger partial charge in [-0.2, -0.15) is 0 Å². The molecule has 0 bridgehead atoms. The number of nitrogens with one attached hydrogen (secondary N) is 2. The van der Waals surface area contributed by atoms with Crippen molar-refractivity contribution < 1.29 is 9.53 Å². The molecule has 0 aliphatic carbocycles. The fourth-order valence-corrected chi connectivity index (χ4v) is 3.57. The topological polar surface area (TPSA) is 81.1 Å². The number of rotatable bonds is 4. The Bertz CT molecular complexity index is 1010. The molecule has 1 aliphatic heterocycles. The van der Waals surface area contributed by atoms with Gasteiger partial charge in [0.05, 0.1) is 12.8 Å². The van der Waals surface area contributed by atoms with Crippen molar-refractivity contribution in [3.8, 4) is 17.0 Å². The number of nitrogens with zero attached hydrogens (tertiary/aromatic N) is 3. The molecule has 0 atom stereocenters. The van der Waals surface area contributed by atoms with Crippen molar-refractivity contribution in [1.29, 1.82) is 0 Å². The molecule has 2 aromatic heterocycles. The Morgan fingerprint density at radius 2 is 1.96 bits per heavy atom. The Labute approximate surface area is 157 Å². The largest absolute Gasteiger partial charge is 0.497 e. The number of fused-ring (bicyclic) bond motifs is 1. The van der Waals surface area contributed by atoms with Crippen LogP contribution in [0, 0.1) is 13.8 Å². The highest BCUT2D eigenvalue weighted by molar-refractivity contribution is 5.97. The molecule has 1 amide bonds. The van der Waals surface area contributed by atoms with Crippen LogP contribution in [0.1, 0.15) is 21.7 Å². The molecule has 3 heterocycles. The molecule has 1 aromatic carbocycles. The Morgan fingerprint density at radius 1 is 1.19 bits per heavy atom. The van der Waals surface area contributed by atoms with Gasteiger partial charge in [0.1, 0.15) is 11.4 Å². The predicted molar refractivity (Wildman–Crippen MR) is 104 cm³/mol. The first-order valence-electron chi connectivity index (χ1n) is 8.81. The summed E-state index contributed by atoms with van der Waals surface area (Å²) >= 11 is 0. The third-order valence-corrected chi connectivity index (χ3v) is 4.86. The van der Waals surface area contributed by atoms with Crippen LogP contribution in [-0.2, 0) is 6.54 Å². The molecule has 27 heavy (non-hydrogen) atoms. The van der Waals surface area contributed by atoms with Gasteiger partial charge < -0.3 is 19.9 Å². The summed E-state index contributed by atoms with van der Waals surface area (Å²) in [7, 11) is 1.64. The Morgan fingerprint density at radius 3 is 2.67 bits per heavy atom. The standard InChI is InChI=1S/C20H21N5O2/c1-12-17(13(2)25-11-10-21-19(26)18(12)25)16-8-9-22-20(24-16)23-14-4-6-15(27-3)7-5-14/h4-9H,10-11H2,1-3H3,(H,21,26)(H,22,23,24). The molecule has 0 fully saturated rings. The number of carbonyl (C=O) groups is 1. The number of carbonyl (C=O) groups excluding carboxylic acids is 1. The van der Waals surface area contributed by atoms with E-state index in [4.69, 9.17) is 4.74 Å². The zero-order valence-electron chi connectivity index (χ0n) is 15.5. The van der Waals surface area contributed by atoms with Crippen molar-refractivity contribution in [3.63, 3.8) is 0 Å². The van der Waals surface area contributed by atoms with Crippen molar-refractivity contribution in [2.45, 2.75) is 20.4 Å². The molecule has 0 saturated heterocycles. The fraction of sp³-hybridized carbons (Fsp3) is 0.250. The quantitative estimate of drug-likeness (QED) is 0.745. The Kier molecular flexibility index (Phi) is 4.27. The van der Waals surface area contributed by atoms with Gasteiger partial charge >= 0.3 is 0 Å². The van der Waals surface area contributed by atoms with Crippen molar-refractivity contribution in [1.82, 2.24) is 19.9 Å². The number of benzene rings is 1. The molecule has 1 aliphatic rings. The van der Waals surface area contributed by atoms with E-state index in [0.717, 1.165) is 46.2 Å². The third kappa shape index (κ3) is 3.01. The molecule has 7 nitrogen and oxygen atoms in total. The summed E-state index contributed by atoms with van der Waals surface area (Å²) in [6.07, 6.45) is 1.73. The van der Waals surface area contributed by atoms with Crippen LogP contribution in [0.4, 0.5) is 11.6 Å². The first-order valence-corrected chi connectivity index (χ1v) is 8.81. The van der Waals surface area contributed by atoms with Crippen molar-refractivity contribution in [2.24, 2.45) is 0 Å². The van der Waals surface area contributed by atoms with Gasteiger partial charge in [0.25, 0.3) is 5.91 Å². The van der Waals surface area contributed by atoms with E-state index in [2.05, 4.69) is 25.2 Å². The van der Waals surface area contributed by atoms with Crippen LogP contribution in [-0.4, -0.2) is 34.1 Å². The highest BCUT2D eigenvalue weighted by atomic mass is 16.5. The fourth-order valence-electron chi connectivity index (χ4n) is 3.57. The molecule has 0 unspecified atom stereocenters. The van der Waals surface area contributed by atoms with Crippen molar-refractivity contribution in [3.05, 3.63) is 53.5 Å². The Hall–Kier alpha value is -3.35. The smallest absolute Gasteiger partial charge is 0.268 e. The second-order valence-electron chi connectivity index (χ2n) is 6.46. The number of aromatic nitrogens is 3. The summed E-state index contributed by atoms with van der Waals surface area (Å²) in [5.74, 6) is 1.27. The van der Waals surface area contributed by atoms with E-state index < -0.39 is 0 Å². The van der Waals surface area contributed by atoms with Crippen molar-refractivity contribution >= 4 is 17.5 Å². The minimum Gasteiger partial charge on any atom is -0.497 e. The zero-order chi connectivity index (χ0) is 19.0. The average molecular weight is 363 g/mol. The van der Waals surface area contributed by atoms with Gasteiger partial charge in [-0.3, -0.25) is 4.79 Å². The van der Waals surface area contributed by atoms with Gasteiger partial charge in [0, 0.05) is 36.2 Å². The van der Waals surface area contributed by atoms with Gasteiger partial charge in [-0.05, 0) is 49.7 Å². The van der Waals surface area contributed by atoms with Crippen LogP contribution in [0.3, 0.4) is 0 Å². The first kappa shape index (κ1) is 17.1. The van der Waals surface area contributed by atoms with Gasteiger partial charge in [-0.15, -0.1) is 0 Å². The maximum atomic E-state index is 12.3. The molecular formula is C20H21N5O2. The van der Waals surface area contributed by atoms with Crippen LogP contribution in [0.2, 0.25) is 0 Å². The number of hydrogen-bond acceptors (Lipinski definition) is 5. The number of methoxy groups -OCH3 is 1. The number of ether oxygens (including phenoxy) is 1. The second kappa shape index (κ2) is 6.75. The lowest BCUT2D eigenvalue weighted by Gasteiger charge is -2.17. The lowest BCUT2D eigenvalue weighted by atomic mass is 10.1. The second-order valence-corrected chi connectivity index (χ2v) is 6.46. The maximum Gasteiger partial charge on any atom is 0.268 e. The summed E-state index contributed by atoms with van der Waals surface area (Å²) in [5.41, 5.74) is 5.37. The molecule has 7 heteroatoms. The molecular weight excluding hydrogens is 342 g/mol. The van der Waals surface area contributed by atoms with E-state index in [1.165, 1.54) is 0 Å². The minimum absolute atomic E-state index is 0.0289. The van der Waals surface area contributed by atoms with Crippen molar-refractivity contribution in [2.75, 3.05) is 19.0 Å². The molecule has 3 aromatic rings. The van der Waals surface area contributed by atoms with E-state index >= 15 is 0 Å². The molecule has 0 radical (unpaired) electrons. The summed E-state index contributed by atoms with van der Waals surface area (Å²) in [6, 6.07) is 9.44. The van der Waals surface area contributed by atoms with E-state index in [9.17, 15) is 4.79 Å². The van der Waals surface area contributed by atoms with Crippen LogP contribution < -0.4 is 15.4 Å². The van der Waals surface area contributed by atoms with Gasteiger partial charge in [-0.25, -0.2) is 9.97 Å². The van der Waals surface area contributed by atoms with E-state index in [1.807, 2.05) is 44.2 Å². The minimum atomic E-state index is -0.0289. The summed E-state index contributed by atoms with van der Waals surface area (Å²) < 4.78 is 7.25. The first-order chi connectivity index (χ1) is 13.1. The highest BCUT2D eigenvalue weighted by Crippen LogP contribution is 2.32. The normalized spacial score (nSPS) is 13.1. The maximum absolute atomic E-state index is 12.3. The SMILES string of the molecule is COc1ccc(Nc2nccc(-c3c(C)c4n(c3C)CCNC4=O)n2)cc1. The van der Waals surface area contributed by atoms with E-state index in [0.29, 0.717) is 12.5 Å². The zero-order valence-corrected chi connectivity index (χ0v) is 15.5. The lowest BCUT2D eigenvalue weighted by Crippen LogP contribution is -2.35. The number of amides is 1. The van der Waals surface area contributed by atoms with Crippen LogP contribution in [0.15, 0.2) is 36.5 Å². The summed E-state index contributed by atoms with van der Waals surface area (Å²) in [6.45, 7) is 5.42. The predicted octanol–water partition coefficient (Wildman–Crippen LogP) is 3.06. The Balaban J connectivity index is 1.70. The van der Waals surface area contributed by atoms with Crippen LogP contribution in [0.25, 0.3) is 11.3 Å². The van der Waals surface area contributed by atoms with E-state index in [-0.39, 0.29) is 5.91 Å². The number of anilines is 2. The van der Waals surface area contributed by atoms with Gasteiger partial charge in [-0.1, -0.05) is 0 Å². The number of hydrogen-bond donors (Lipinski definition) is 2. The highest BCUT2D eigenvalue weighted by Gasteiger charge is 2.26. The van der Waals surface area contributed by atoms with Gasteiger partial charge in [0.2, 0.25) is 5.95 Å². The van der Waals surface area contributed by atoms with E-state index in [1.54, 1.807) is 13.3 Å². The summed E-state index contributed by atoms with van der Waals surface area (Å²) in [4.78, 5) is 21.3. The van der Waals surface area contributed by atoms with Gasteiger partial charge in [0.15, 0.2) is 0 Å².